The molecule has 0 bridgehead atoms. The second-order valence-electron chi connectivity index (χ2n) is 5.33. The minimum absolute atomic E-state index is 0.000840. The van der Waals surface area contributed by atoms with Crippen LogP contribution in [0.1, 0.15) is 13.8 Å². The molecule has 3 aromatic rings. The number of amides is 1. The van der Waals surface area contributed by atoms with Gasteiger partial charge in [0.25, 0.3) is 0 Å². The van der Waals surface area contributed by atoms with E-state index in [4.69, 9.17) is 11.6 Å². The molecule has 112 valence electrons. The van der Waals surface area contributed by atoms with E-state index in [1.807, 2.05) is 56.3 Å². The maximum Gasteiger partial charge on any atom is 0.226 e. The van der Waals surface area contributed by atoms with Gasteiger partial charge in [-0.2, -0.15) is 0 Å². The van der Waals surface area contributed by atoms with Crippen molar-refractivity contribution in [3.05, 3.63) is 47.5 Å². The monoisotopic (exact) mass is 330 g/mol. The first-order valence-electron chi connectivity index (χ1n) is 7.01. The number of benzene rings is 2. The summed E-state index contributed by atoms with van der Waals surface area (Å²) < 4.78 is 1.07. The van der Waals surface area contributed by atoms with Crippen molar-refractivity contribution in [2.24, 2.45) is 5.92 Å². The van der Waals surface area contributed by atoms with Gasteiger partial charge in [0.05, 0.1) is 15.2 Å². The third kappa shape index (κ3) is 2.98. The Balaban J connectivity index is 1.97. The van der Waals surface area contributed by atoms with E-state index in [9.17, 15) is 4.79 Å². The van der Waals surface area contributed by atoms with Crippen LogP contribution in [0.15, 0.2) is 42.5 Å². The molecule has 1 heterocycles. The molecule has 3 nitrogen and oxygen atoms in total. The zero-order chi connectivity index (χ0) is 15.7. The van der Waals surface area contributed by atoms with Gasteiger partial charge in [-0.3, -0.25) is 4.79 Å². The van der Waals surface area contributed by atoms with E-state index in [1.165, 1.54) is 0 Å². The molecule has 2 aromatic carbocycles. The molecule has 1 amide bonds. The lowest BCUT2D eigenvalue weighted by Gasteiger charge is -2.06. The number of nitrogens with zero attached hydrogens (tertiary/aromatic N) is 1. The first-order chi connectivity index (χ1) is 10.5. The third-order valence-corrected chi connectivity index (χ3v) is 4.68. The maximum absolute atomic E-state index is 11.8. The standard InChI is InChI=1S/C17H15ClN2OS/c1-10(2)16(21)19-11-7-8-15-14(9-11)20-17(22-15)12-5-3-4-6-13(12)18/h3-10H,1-2H3,(H,19,21). The SMILES string of the molecule is CC(C)C(=O)Nc1ccc2sc(-c3ccccc3Cl)nc2c1. The van der Waals surface area contributed by atoms with E-state index in [-0.39, 0.29) is 11.8 Å². The fourth-order valence-electron chi connectivity index (χ4n) is 2.04. The van der Waals surface area contributed by atoms with E-state index >= 15 is 0 Å². The van der Waals surface area contributed by atoms with Crippen molar-refractivity contribution < 1.29 is 4.79 Å². The largest absolute Gasteiger partial charge is 0.326 e. The number of aromatic nitrogens is 1. The van der Waals surface area contributed by atoms with Gasteiger partial charge < -0.3 is 5.32 Å². The highest BCUT2D eigenvalue weighted by Gasteiger charge is 2.11. The van der Waals surface area contributed by atoms with Crippen molar-refractivity contribution >= 4 is 44.7 Å². The van der Waals surface area contributed by atoms with Crippen LogP contribution in [0.3, 0.4) is 0 Å². The van der Waals surface area contributed by atoms with E-state index in [1.54, 1.807) is 11.3 Å². The summed E-state index contributed by atoms with van der Waals surface area (Å²) in [6.07, 6.45) is 0. The minimum atomic E-state index is -0.0511. The molecule has 0 spiro atoms. The zero-order valence-corrected chi connectivity index (χ0v) is 13.8. The van der Waals surface area contributed by atoms with Crippen molar-refractivity contribution in [2.75, 3.05) is 5.32 Å². The summed E-state index contributed by atoms with van der Waals surface area (Å²) in [5.74, 6) is -0.0503. The van der Waals surface area contributed by atoms with Crippen LogP contribution in [-0.4, -0.2) is 10.9 Å². The van der Waals surface area contributed by atoms with Crippen LogP contribution >= 0.6 is 22.9 Å². The Bertz CT molecular complexity index is 842. The Labute approximate surface area is 138 Å². The molecule has 0 saturated carbocycles. The topological polar surface area (TPSA) is 42.0 Å². The lowest BCUT2D eigenvalue weighted by atomic mass is 10.2. The molecule has 1 aromatic heterocycles. The molecule has 1 N–H and O–H groups in total. The molecule has 0 unspecified atom stereocenters. The number of carbonyl (C=O) groups is 1. The number of anilines is 1. The summed E-state index contributed by atoms with van der Waals surface area (Å²) in [5.41, 5.74) is 2.56. The molecule has 22 heavy (non-hydrogen) atoms. The molecule has 0 aliphatic rings. The lowest BCUT2D eigenvalue weighted by Crippen LogP contribution is -2.17. The molecule has 0 aliphatic heterocycles. The van der Waals surface area contributed by atoms with Gasteiger partial charge in [-0.05, 0) is 24.3 Å². The van der Waals surface area contributed by atoms with E-state index in [0.29, 0.717) is 5.02 Å². The van der Waals surface area contributed by atoms with Gasteiger partial charge in [-0.25, -0.2) is 4.98 Å². The third-order valence-electron chi connectivity index (χ3n) is 3.28. The normalized spacial score (nSPS) is 11.1. The highest BCUT2D eigenvalue weighted by molar-refractivity contribution is 7.21. The number of hydrogen-bond acceptors (Lipinski definition) is 3. The van der Waals surface area contributed by atoms with Crippen molar-refractivity contribution in [1.82, 2.24) is 4.98 Å². The summed E-state index contributed by atoms with van der Waals surface area (Å²) in [4.78, 5) is 16.4. The highest BCUT2D eigenvalue weighted by atomic mass is 35.5. The fraction of sp³-hybridized carbons (Fsp3) is 0.176. The number of hydrogen-bond donors (Lipinski definition) is 1. The van der Waals surface area contributed by atoms with Gasteiger partial charge in [0.1, 0.15) is 5.01 Å². The highest BCUT2D eigenvalue weighted by Crippen LogP contribution is 2.35. The first-order valence-corrected chi connectivity index (χ1v) is 8.20. The predicted octanol–water partition coefficient (Wildman–Crippen LogP) is 5.21. The number of nitrogens with one attached hydrogen (secondary N) is 1. The zero-order valence-electron chi connectivity index (χ0n) is 12.3. The van der Waals surface area contributed by atoms with E-state index in [0.717, 1.165) is 26.5 Å². The van der Waals surface area contributed by atoms with Crippen LogP contribution in [0.5, 0.6) is 0 Å². The Morgan fingerprint density at radius 1 is 1.23 bits per heavy atom. The van der Waals surface area contributed by atoms with Crippen molar-refractivity contribution in [3.8, 4) is 10.6 Å². The fourth-order valence-corrected chi connectivity index (χ4v) is 3.31. The van der Waals surface area contributed by atoms with Crippen LogP contribution in [0.25, 0.3) is 20.8 Å². The number of rotatable bonds is 3. The van der Waals surface area contributed by atoms with Crippen LogP contribution in [0.2, 0.25) is 5.02 Å². The number of fused-ring (bicyclic) bond motifs is 1. The Hall–Kier alpha value is -1.91. The average molecular weight is 331 g/mol. The molecule has 5 heteroatoms. The van der Waals surface area contributed by atoms with Gasteiger partial charge >= 0.3 is 0 Å². The second-order valence-corrected chi connectivity index (χ2v) is 6.76. The second kappa shape index (κ2) is 6.07. The van der Waals surface area contributed by atoms with Crippen molar-refractivity contribution in [3.63, 3.8) is 0 Å². The summed E-state index contributed by atoms with van der Waals surface area (Å²) in [7, 11) is 0. The average Bonchev–Trinajstić information content (AvgIpc) is 2.90. The van der Waals surface area contributed by atoms with Crippen LogP contribution in [-0.2, 0) is 4.79 Å². The lowest BCUT2D eigenvalue weighted by molar-refractivity contribution is -0.118. The van der Waals surface area contributed by atoms with Gasteiger partial charge in [-0.1, -0.05) is 43.6 Å². The quantitative estimate of drug-likeness (QED) is 0.716. The Kier molecular flexibility index (Phi) is 4.14. The van der Waals surface area contributed by atoms with Crippen molar-refractivity contribution in [2.45, 2.75) is 13.8 Å². The Morgan fingerprint density at radius 2 is 2.00 bits per heavy atom. The summed E-state index contributed by atoms with van der Waals surface area (Å²) in [6.45, 7) is 3.73. The minimum Gasteiger partial charge on any atom is -0.326 e. The van der Waals surface area contributed by atoms with Crippen LogP contribution in [0, 0.1) is 5.92 Å². The molecular formula is C17H15ClN2OS. The number of halogens is 1. The number of carbonyl (C=O) groups excluding carboxylic acids is 1. The molecule has 0 radical (unpaired) electrons. The summed E-state index contributed by atoms with van der Waals surface area (Å²) in [5, 5.41) is 4.47. The molecular weight excluding hydrogens is 316 g/mol. The Morgan fingerprint density at radius 3 is 2.73 bits per heavy atom. The molecule has 3 rings (SSSR count). The van der Waals surface area contributed by atoms with Gasteiger partial charge in [0, 0.05) is 17.2 Å². The summed E-state index contributed by atoms with van der Waals surface area (Å²) in [6, 6.07) is 13.4. The van der Waals surface area contributed by atoms with Crippen LogP contribution in [0.4, 0.5) is 5.69 Å². The predicted molar refractivity (Wildman–Crippen MR) is 93.5 cm³/mol. The van der Waals surface area contributed by atoms with E-state index < -0.39 is 0 Å². The smallest absolute Gasteiger partial charge is 0.226 e. The maximum atomic E-state index is 11.8. The van der Waals surface area contributed by atoms with Gasteiger partial charge in [-0.15, -0.1) is 11.3 Å². The van der Waals surface area contributed by atoms with E-state index in [2.05, 4.69) is 10.3 Å². The molecule has 0 fully saturated rings. The molecule has 0 atom stereocenters. The summed E-state index contributed by atoms with van der Waals surface area (Å²) >= 11 is 7.82. The molecule has 0 aliphatic carbocycles. The van der Waals surface area contributed by atoms with Gasteiger partial charge in [0.15, 0.2) is 0 Å². The number of thiazole rings is 1. The molecule has 0 saturated heterocycles. The van der Waals surface area contributed by atoms with Crippen LogP contribution < -0.4 is 5.32 Å². The van der Waals surface area contributed by atoms with Gasteiger partial charge in [0.2, 0.25) is 5.91 Å². The van der Waals surface area contributed by atoms with Crippen molar-refractivity contribution in [1.29, 1.82) is 0 Å². The first kappa shape index (κ1) is 15.0.